The molecule has 0 aliphatic rings. The zero-order valence-corrected chi connectivity index (χ0v) is 6.36. The Hall–Kier alpha value is -1.51. The van der Waals surface area contributed by atoms with Gasteiger partial charge in [0, 0.05) is 12.4 Å². The topological polar surface area (TPSA) is 37.6 Å². The lowest BCUT2D eigenvalue weighted by molar-refractivity contribution is 1.29. The van der Waals surface area contributed by atoms with Crippen LogP contribution in [0.1, 0.15) is 6.92 Å². The Morgan fingerprint density at radius 1 is 1.55 bits per heavy atom. The summed E-state index contributed by atoms with van der Waals surface area (Å²) in [7, 11) is 0. The molecule has 1 aromatic rings. The summed E-state index contributed by atoms with van der Waals surface area (Å²) < 4.78 is 0. The largest absolute Gasteiger partial charge is 0.262 e. The highest BCUT2D eigenvalue weighted by Gasteiger charge is 1.94. The first-order valence-electron chi connectivity index (χ1n) is 3.28. The molecule has 0 saturated heterocycles. The predicted molar refractivity (Wildman–Crippen MR) is 47.3 cm³/mol. The van der Waals surface area contributed by atoms with Gasteiger partial charge in [-0.25, -0.2) is 0 Å². The standard InChI is InChI=1S/C8H9N3/c1-3-11-8-6-10-5-4-7(8)9-2/h3-6H,2H2,1H3. The fraction of sp³-hybridized carbons (Fsp3) is 0.125. The van der Waals surface area contributed by atoms with E-state index in [1.54, 1.807) is 24.7 Å². The van der Waals surface area contributed by atoms with E-state index >= 15 is 0 Å². The molecule has 1 heterocycles. The van der Waals surface area contributed by atoms with Gasteiger partial charge >= 0.3 is 0 Å². The van der Waals surface area contributed by atoms with Crippen LogP contribution in [0.4, 0.5) is 11.4 Å². The molecule has 0 saturated carbocycles. The highest BCUT2D eigenvalue weighted by Crippen LogP contribution is 2.24. The molecular formula is C8H9N3. The van der Waals surface area contributed by atoms with Gasteiger partial charge in [0.05, 0.1) is 11.9 Å². The fourth-order valence-electron chi connectivity index (χ4n) is 0.751. The van der Waals surface area contributed by atoms with Gasteiger partial charge in [-0.2, -0.15) is 0 Å². The van der Waals surface area contributed by atoms with Crippen molar-refractivity contribution in [2.24, 2.45) is 9.98 Å². The Morgan fingerprint density at radius 3 is 3.00 bits per heavy atom. The van der Waals surface area contributed by atoms with Crippen molar-refractivity contribution in [2.75, 3.05) is 0 Å². The summed E-state index contributed by atoms with van der Waals surface area (Å²) in [5.41, 5.74) is 1.52. The minimum absolute atomic E-state index is 0.755. The van der Waals surface area contributed by atoms with E-state index < -0.39 is 0 Å². The number of aromatic nitrogens is 1. The third-order valence-corrected chi connectivity index (χ3v) is 1.22. The first-order valence-corrected chi connectivity index (χ1v) is 3.28. The van der Waals surface area contributed by atoms with Crippen molar-refractivity contribution in [3.63, 3.8) is 0 Å². The quantitative estimate of drug-likeness (QED) is 0.590. The normalized spacial score (nSPS) is 10.3. The van der Waals surface area contributed by atoms with Gasteiger partial charge in [-0.3, -0.25) is 15.0 Å². The van der Waals surface area contributed by atoms with Crippen LogP contribution < -0.4 is 0 Å². The average molecular weight is 147 g/mol. The Bertz CT molecular complexity index is 278. The molecule has 11 heavy (non-hydrogen) atoms. The van der Waals surface area contributed by atoms with E-state index in [1.165, 1.54) is 0 Å². The summed E-state index contributed by atoms with van der Waals surface area (Å²) >= 11 is 0. The second-order valence-corrected chi connectivity index (χ2v) is 1.91. The van der Waals surface area contributed by atoms with Crippen molar-refractivity contribution in [3.8, 4) is 0 Å². The first kappa shape index (κ1) is 7.60. The van der Waals surface area contributed by atoms with Crippen molar-refractivity contribution in [2.45, 2.75) is 6.92 Å². The van der Waals surface area contributed by atoms with Crippen LogP contribution in [0.15, 0.2) is 28.4 Å². The van der Waals surface area contributed by atoms with E-state index in [2.05, 4.69) is 21.7 Å². The minimum Gasteiger partial charge on any atom is -0.262 e. The summed E-state index contributed by atoms with van der Waals surface area (Å²) in [5, 5.41) is 0. The predicted octanol–water partition coefficient (Wildman–Crippen LogP) is 2.14. The summed E-state index contributed by atoms with van der Waals surface area (Å²) in [4.78, 5) is 11.8. The lowest BCUT2D eigenvalue weighted by atomic mass is 10.3. The molecule has 0 amide bonds. The number of nitrogens with zero attached hydrogens (tertiary/aromatic N) is 3. The summed E-state index contributed by atoms with van der Waals surface area (Å²) in [6.07, 6.45) is 5.02. The smallest absolute Gasteiger partial charge is 0.106 e. The second-order valence-electron chi connectivity index (χ2n) is 1.91. The highest BCUT2D eigenvalue weighted by atomic mass is 14.8. The van der Waals surface area contributed by atoms with E-state index in [0.717, 1.165) is 11.4 Å². The molecule has 3 heteroatoms. The van der Waals surface area contributed by atoms with Gasteiger partial charge in [-0.15, -0.1) is 0 Å². The molecule has 0 N–H and O–H groups in total. The molecule has 0 aliphatic carbocycles. The molecule has 0 unspecified atom stereocenters. The molecule has 0 spiro atoms. The molecule has 3 nitrogen and oxygen atoms in total. The van der Waals surface area contributed by atoms with E-state index in [1.807, 2.05) is 6.92 Å². The molecule has 0 radical (unpaired) electrons. The second kappa shape index (κ2) is 3.61. The van der Waals surface area contributed by atoms with Crippen molar-refractivity contribution < 1.29 is 0 Å². The summed E-state index contributed by atoms with van der Waals surface area (Å²) in [6, 6.07) is 1.77. The number of aliphatic imine (C=N–C) groups is 2. The molecule has 0 aromatic carbocycles. The number of pyridine rings is 1. The van der Waals surface area contributed by atoms with Crippen LogP contribution in [0, 0.1) is 0 Å². The van der Waals surface area contributed by atoms with Gasteiger partial charge in [0.1, 0.15) is 5.69 Å². The van der Waals surface area contributed by atoms with Gasteiger partial charge < -0.3 is 0 Å². The van der Waals surface area contributed by atoms with Crippen molar-refractivity contribution in [1.29, 1.82) is 0 Å². The van der Waals surface area contributed by atoms with Crippen LogP contribution in [0.5, 0.6) is 0 Å². The molecule has 0 atom stereocenters. The van der Waals surface area contributed by atoms with Gasteiger partial charge in [0.2, 0.25) is 0 Å². The van der Waals surface area contributed by atoms with Gasteiger partial charge in [-0.1, -0.05) is 0 Å². The van der Waals surface area contributed by atoms with Crippen LogP contribution in [-0.2, 0) is 0 Å². The monoisotopic (exact) mass is 147 g/mol. The lowest BCUT2D eigenvalue weighted by Gasteiger charge is -1.95. The van der Waals surface area contributed by atoms with E-state index in [9.17, 15) is 0 Å². The maximum absolute atomic E-state index is 4.06. The van der Waals surface area contributed by atoms with Gasteiger partial charge in [0.15, 0.2) is 0 Å². The Labute approximate surface area is 65.5 Å². The molecule has 0 bridgehead atoms. The van der Waals surface area contributed by atoms with Crippen molar-refractivity contribution in [3.05, 3.63) is 18.5 Å². The van der Waals surface area contributed by atoms with Gasteiger partial charge in [0.25, 0.3) is 0 Å². The average Bonchev–Trinajstić information content (AvgIpc) is 2.06. The Balaban J connectivity index is 3.11. The third kappa shape index (κ3) is 1.70. The Kier molecular flexibility index (Phi) is 2.49. The summed E-state index contributed by atoms with van der Waals surface area (Å²) in [6.45, 7) is 5.27. The number of rotatable bonds is 2. The molecule has 0 aliphatic heterocycles. The van der Waals surface area contributed by atoms with Crippen LogP contribution in [-0.4, -0.2) is 17.9 Å². The van der Waals surface area contributed by atoms with Crippen LogP contribution in [0.3, 0.4) is 0 Å². The first-order chi connectivity index (χ1) is 5.38. The van der Waals surface area contributed by atoms with Gasteiger partial charge in [-0.05, 0) is 19.7 Å². The molecule has 1 aromatic heterocycles. The molecule has 1 rings (SSSR count). The lowest BCUT2D eigenvalue weighted by Crippen LogP contribution is -1.71. The van der Waals surface area contributed by atoms with E-state index in [-0.39, 0.29) is 0 Å². The van der Waals surface area contributed by atoms with Crippen molar-refractivity contribution in [1.82, 2.24) is 4.98 Å². The number of hydrogen-bond donors (Lipinski definition) is 0. The van der Waals surface area contributed by atoms with E-state index in [0.29, 0.717) is 0 Å². The third-order valence-electron chi connectivity index (χ3n) is 1.22. The highest BCUT2D eigenvalue weighted by molar-refractivity contribution is 5.69. The zero-order chi connectivity index (χ0) is 8.10. The molecule has 56 valence electrons. The maximum Gasteiger partial charge on any atom is 0.106 e. The summed E-state index contributed by atoms with van der Waals surface area (Å²) in [5.74, 6) is 0. The van der Waals surface area contributed by atoms with E-state index in [4.69, 9.17) is 0 Å². The minimum atomic E-state index is 0.755. The zero-order valence-electron chi connectivity index (χ0n) is 6.36. The van der Waals surface area contributed by atoms with Crippen LogP contribution >= 0.6 is 0 Å². The fourth-order valence-corrected chi connectivity index (χ4v) is 0.751. The van der Waals surface area contributed by atoms with Crippen LogP contribution in [0.2, 0.25) is 0 Å². The maximum atomic E-state index is 4.06. The van der Waals surface area contributed by atoms with Crippen molar-refractivity contribution >= 4 is 24.3 Å². The SMILES string of the molecule is C=Nc1ccncc1N=CC. The molecule has 0 fully saturated rings. The number of hydrogen-bond acceptors (Lipinski definition) is 3. The van der Waals surface area contributed by atoms with Crippen LogP contribution in [0.25, 0.3) is 0 Å². The Morgan fingerprint density at radius 2 is 2.36 bits per heavy atom. The molecular weight excluding hydrogens is 138 g/mol.